The third kappa shape index (κ3) is 5.48. The Labute approximate surface area is 205 Å². The van der Waals surface area contributed by atoms with Crippen molar-refractivity contribution in [3.05, 3.63) is 65.3 Å². The molecule has 1 heterocycles. The lowest BCUT2D eigenvalue weighted by Gasteiger charge is -2.31. The van der Waals surface area contributed by atoms with Gasteiger partial charge in [-0.25, -0.2) is 8.42 Å². The second-order valence-corrected chi connectivity index (χ2v) is 10.6. The average Bonchev–Trinajstić information content (AvgIpc) is 3.14. The first-order valence-electron chi connectivity index (χ1n) is 11.6. The lowest BCUT2D eigenvalue weighted by atomic mass is 9.88. The number of hydrogen-bond acceptors (Lipinski definition) is 7. The Morgan fingerprint density at radius 3 is 2.31 bits per heavy atom. The van der Waals surface area contributed by atoms with Gasteiger partial charge in [-0.15, -0.1) is 0 Å². The Morgan fingerprint density at radius 1 is 1.03 bits per heavy atom. The van der Waals surface area contributed by atoms with Crippen molar-refractivity contribution in [3.8, 4) is 5.75 Å². The molecule has 1 fully saturated rings. The number of carbonyl (C=O) groups excluding carboxylic acids is 1. The predicted octanol–water partition coefficient (Wildman–Crippen LogP) is 4.48. The Hall–Kier alpha value is -3.40. The number of ether oxygens (including phenoxy) is 1. The van der Waals surface area contributed by atoms with E-state index in [-0.39, 0.29) is 16.4 Å². The van der Waals surface area contributed by atoms with E-state index in [1.54, 1.807) is 44.2 Å². The summed E-state index contributed by atoms with van der Waals surface area (Å²) in [7, 11) is -2.38. The van der Waals surface area contributed by atoms with Gasteiger partial charge in [0.25, 0.3) is 15.9 Å². The number of aromatic nitrogens is 2. The molecule has 1 amide bonds. The van der Waals surface area contributed by atoms with E-state index in [2.05, 4.69) is 20.2 Å². The molecule has 0 atom stereocenters. The highest BCUT2D eigenvalue weighted by Crippen LogP contribution is 2.35. The van der Waals surface area contributed by atoms with Crippen LogP contribution in [0.25, 0.3) is 0 Å². The van der Waals surface area contributed by atoms with E-state index in [0.717, 1.165) is 25.7 Å². The van der Waals surface area contributed by atoms with Crippen molar-refractivity contribution in [2.24, 2.45) is 0 Å². The summed E-state index contributed by atoms with van der Waals surface area (Å²) in [6.07, 6.45) is 5.36. The van der Waals surface area contributed by atoms with Crippen LogP contribution in [0, 0.1) is 13.8 Å². The molecule has 0 radical (unpaired) electrons. The van der Waals surface area contributed by atoms with Gasteiger partial charge in [0.2, 0.25) is 5.89 Å². The van der Waals surface area contributed by atoms with E-state index < -0.39 is 15.6 Å². The van der Waals surface area contributed by atoms with E-state index in [4.69, 9.17) is 9.26 Å². The number of rotatable bonds is 7. The lowest BCUT2D eigenvalue weighted by Crippen LogP contribution is -2.46. The second-order valence-electron chi connectivity index (χ2n) is 8.90. The third-order valence-corrected chi connectivity index (χ3v) is 7.75. The van der Waals surface area contributed by atoms with Crippen LogP contribution in [-0.4, -0.2) is 31.6 Å². The van der Waals surface area contributed by atoms with Crippen LogP contribution in [0.2, 0.25) is 0 Å². The fourth-order valence-corrected chi connectivity index (χ4v) is 5.49. The van der Waals surface area contributed by atoms with E-state index in [1.165, 1.54) is 19.2 Å². The summed E-state index contributed by atoms with van der Waals surface area (Å²) in [6, 6.07) is 11.1. The predicted molar refractivity (Wildman–Crippen MR) is 131 cm³/mol. The zero-order chi connectivity index (χ0) is 25.1. The molecule has 2 N–H and O–H groups in total. The van der Waals surface area contributed by atoms with Crippen LogP contribution in [0.4, 0.5) is 5.69 Å². The fraction of sp³-hybridized carbons (Fsp3) is 0.400. The molecular formula is C25H30N4O5S. The normalized spacial score (nSPS) is 15.7. The number of amides is 1. The van der Waals surface area contributed by atoms with Gasteiger partial charge in [-0.05, 0) is 61.7 Å². The molecule has 0 unspecified atom stereocenters. The van der Waals surface area contributed by atoms with Gasteiger partial charge < -0.3 is 14.6 Å². The lowest BCUT2D eigenvalue weighted by molar-refractivity contribution is 0.0876. The number of nitrogens with zero attached hydrogens (tertiary/aromatic N) is 2. The summed E-state index contributed by atoms with van der Waals surface area (Å²) < 4.78 is 39.0. The summed E-state index contributed by atoms with van der Waals surface area (Å²) >= 11 is 0. The Kier molecular flexibility index (Phi) is 7.11. The summed E-state index contributed by atoms with van der Waals surface area (Å²) in [4.78, 5) is 17.9. The van der Waals surface area contributed by atoms with Gasteiger partial charge in [0.1, 0.15) is 11.3 Å². The van der Waals surface area contributed by atoms with Crippen LogP contribution in [0.5, 0.6) is 5.75 Å². The molecule has 35 heavy (non-hydrogen) atoms. The van der Waals surface area contributed by atoms with Crippen molar-refractivity contribution >= 4 is 21.6 Å². The summed E-state index contributed by atoms with van der Waals surface area (Å²) in [5, 5.41) is 7.27. The number of nitrogens with one attached hydrogen (secondary N) is 2. The van der Waals surface area contributed by atoms with Crippen molar-refractivity contribution in [3.63, 3.8) is 0 Å². The van der Waals surface area contributed by atoms with Gasteiger partial charge in [-0.3, -0.25) is 9.52 Å². The first-order chi connectivity index (χ1) is 16.7. The second kappa shape index (κ2) is 10.1. The maximum Gasteiger partial charge on any atom is 0.261 e. The minimum absolute atomic E-state index is 0.00519. The highest BCUT2D eigenvalue weighted by molar-refractivity contribution is 7.92. The van der Waals surface area contributed by atoms with Crippen LogP contribution in [0.1, 0.15) is 66.2 Å². The standard InChI is InChI=1S/C25H30N4O5S/c1-17-8-13-21(35(31,32)29-19-9-11-20(33-3)12-10-19)16-22(17)23(30)27-25(14-6-4-5-7-15-25)24-26-18(2)34-28-24/h8-13,16,29H,4-7,14-15H2,1-3H3,(H,27,30). The highest BCUT2D eigenvalue weighted by Gasteiger charge is 2.39. The van der Waals surface area contributed by atoms with E-state index in [0.29, 0.717) is 41.6 Å². The van der Waals surface area contributed by atoms with Crippen molar-refractivity contribution < 1.29 is 22.5 Å². The van der Waals surface area contributed by atoms with Crippen molar-refractivity contribution in [1.82, 2.24) is 15.5 Å². The number of methoxy groups -OCH3 is 1. The molecule has 2 aromatic carbocycles. The van der Waals surface area contributed by atoms with E-state index in [9.17, 15) is 13.2 Å². The van der Waals surface area contributed by atoms with Crippen molar-refractivity contribution in [2.45, 2.75) is 62.8 Å². The first kappa shape index (κ1) is 24.7. The number of anilines is 1. The van der Waals surface area contributed by atoms with Gasteiger partial charge in [-0.1, -0.05) is 36.9 Å². The SMILES string of the molecule is COc1ccc(NS(=O)(=O)c2ccc(C)c(C(=O)NC3(c4noc(C)n4)CCCCCC3)c2)cc1. The van der Waals surface area contributed by atoms with Crippen LogP contribution in [-0.2, 0) is 15.6 Å². The smallest absolute Gasteiger partial charge is 0.261 e. The number of aryl methyl sites for hydroxylation is 2. The van der Waals surface area contributed by atoms with Crippen LogP contribution < -0.4 is 14.8 Å². The van der Waals surface area contributed by atoms with Crippen molar-refractivity contribution in [1.29, 1.82) is 0 Å². The van der Waals surface area contributed by atoms with Crippen LogP contribution >= 0.6 is 0 Å². The maximum atomic E-state index is 13.5. The molecule has 1 aliphatic carbocycles. The monoisotopic (exact) mass is 498 g/mol. The van der Waals surface area contributed by atoms with Crippen LogP contribution in [0.3, 0.4) is 0 Å². The van der Waals surface area contributed by atoms with Gasteiger partial charge in [-0.2, -0.15) is 4.98 Å². The fourth-order valence-electron chi connectivity index (χ4n) is 4.40. The number of hydrogen-bond donors (Lipinski definition) is 2. The maximum absolute atomic E-state index is 13.5. The molecule has 186 valence electrons. The molecule has 3 aromatic rings. The van der Waals surface area contributed by atoms with Gasteiger partial charge in [0, 0.05) is 18.2 Å². The topological polar surface area (TPSA) is 123 Å². The number of carbonyl (C=O) groups is 1. The van der Waals surface area contributed by atoms with Crippen LogP contribution in [0.15, 0.2) is 51.9 Å². The van der Waals surface area contributed by atoms with Gasteiger partial charge >= 0.3 is 0 Å². The molecule has 9 nitrogen and oxygen atoms in total. The summed E-state index contributed by atoms with van der Waals surface area (Å²) in [6.45, 7) is 3.50. The minimum Gasteiger partial charge on any atom is -0.497 e. The largest absolute Gasteiger partial charge is 0.497 e. The molecule has 1 saturated carbocycles. The van der Waals surface area contributed by atoms with Gasteiger partial charge in [0.05, 0.1) is 12.0 Å². The van der Waals surface area contributed by atoms with E-state index in [1.807, 2.05) is 0 Å². The molecule has 1 aromatic heterocycles. The summed E-state index contributed by atoms with van der Waals surface area (Å²) in [5.41, 5.74) is 0.584. The Bertz CT molecular complexity index is 1290. The Balaban J connectivity index is 1.62. The zero-order valence-electron chi connectivity index (χ0n) is 20.1. The average molecular weight is 499 g/mol. The number of sulfonamides is 1. The van der Waals surface area contributed by atoms with Crippen molar-refractivity contribution in [2.75, 3.05) is 11.8 Å². The van der Waals surface area contributed by atoms with E-state index >= 15 is 0 Å². The third-order valence-electron chi connectivity index (χ3n) is 6.37. The molecule has 4 rings (SSSR count). The molecule has 1 aliphatic rings. The Morgan fingerprint density at radius 2 is 1.71 bits per heavy atom. The molecule has 0 bridgehead atoms. The zero-order valence-corrected chi connectivity index (χ0v) is 20.9. The first-order valence-corrected chi connectivity index (χ1v) is 13.1. The summed E-state index contributed by atoms with van der Waals surface area (Å²) in [5.74, 6) is 1.15. The molecule has 0 spiro atoms. The molecular weight excluding hydrogens is 468 g/mol. The van der Waals surface area contributed by atoms with Gasteiger partial charge in [0.15, 0.2) is 5.82 Å². The minimum atomic E-state index is -3.92. The molecule has 0 aliphatic heterocycles. The highest BCUT2D eigenvalue weighted by atomic mass is 32.2. The number of benzene rings is 2. The molecule has 0 saturated heterocycles. The molecule has 10 heteroatoms. The quantitative estimate of drug-likeness (QED) is 0.461.